The highest BCUT2D eigenvalue weighted by molar-refractivity contribution is 9.10. The summed E-state index contributed by atoms with van der Waals surface area (Å²) in [7, 11) is 1.60. The molecule has 0 saturated carbocycles. The Bertz CT molecular complexity index is 195. The largest absolute Gasteiger partial charge is 0.481 e. The van der Waals surface area contributed by atoms with Gasteiger partial charge >= 0.3 is 0 Å². The lowest BCUT2D eigenvalue weighted by Gasteiger charge is -1.98. The van der Waals surface area contributed by atoms with Crippen LogP contribution in [0.4, 0.5) is 0 Å². The lowest BCUT2D eigenvalue weighted by molar-refractivity contribution is 0.397. The number of halogens is 1. The Kier molecular flexibility index (Phi) is 2.68. The van der Waals surface area contributed by atoms with Gasteiger partial charge in [0.05, 0.1) is 18.1 Å². The van der Waals surface area contributed by atoms with Gasteiger partial charge in [-0.2, -0.15) is 0 Å². The van der Waals surface area contributed by atoms with Crippen LogP contribution < -0.4 is 4.74 Å². The van der Waals surface area contributed by atoms with E-state index in [0.29, 0.717) is 5.88 Å². The lowest BCUT2D eigenvalue weighted by Crippen LogP contribution is -1.88. The van der Waals surface area contributed by atoms with E-state index in [9.17, 15) is 0 Å². The third-order valence-corrected chi connectivity index (χ3v) is 1.54. The van der Waals surface area contributed by atoms with E-state index in [2.05, 4.69) is 20.9 Å². The normalized spacial score (nSPS) is 9.40. The number of aromatic nitrogens is 1. The smallest absolute Gasteiger partial charge is 0.213 e. The molecule has 0 spiro atoms. The Labute approximate surface area is 68.4 Å². The minimum atomic E-state index is 0.633. The van der Waals surface area contributed by atoms with Crippen molar-refractivity contribution in [2.75, 3.05) is 7.11 Å². The van der Waals surface area contributed by atoms with Gasteiger partial charge in [-0.3, -0.25) is 0 Å². The van der Waals surface area contributed by atoms with Crippen LogP contribution in [0.15, 0.2) is 18.2 Å². The molecule has 2 nitrogen and oxygen atoms in total. The first-order valence-electron chi connectivity index (χ1n) is 2.81. The zero-order valence-corrected chi connectivity index (χ0v) is 7.13. The van der Waals surface area contributed by atoms with Crippen molar-refractivity contribution in [1.82, 2.24) is 4.98 Å². The van der Waals surface area contributed by atoms with Gasteiger partial charge in [0, 0.05) is 6.07 Å². The Hall–Kier alpha value is -0.570. The van der Waals surface area contributed by atoms with Gasteiger partial charge in [-0.15, -0.1) is 0 Å². The van der Waals surface area contributed by atoms with Crippen molar-refractivity contribution < 1.29 is 4.74 Å². The number of hydrogen-bond donors (Lipinski definition) is 0. The molecule has 3 heteroatoms. The quantitative estimate of drug-likeness (QED) is 0.729. The third-order valence-electron chi connectivity index (χ3n) is 1.07. The average molecular weight is 201 g/mol. The summed E-state index contributed by atoms with van der Waals surface area (Å²) >= 11 is 3.18. The van der Waals surface area contributed by atoms with Gasteiger partial charge < -0.3 is 4.74 Å². The van der Waals surface area contributed by atoms with Crippen LogP contribution in [-0.2, 0) is 0 Å². The molecule has 1 radical (unpaired) electrons. The van der Waals surface area contributed by atoms with Crippen LogP contribution in [0.25, 0.3) is 0 Å². The zero-order valence-electron chi connectivity index (χ0n) is 5.54. The second-order valence-electron chi connectivity index (χ2n) is 1.71. The number of pyridine rings is 1. The van der Waals surface area contributed by atoms with E-state index in [0.717, 1.165) is 5.69 Å². The Morgan fingerprint density at radius 3 is 3.00 bits per heavy atom. The lowest BCUT2D eigenvalue weighted by atomic mass is 10.4. The first-order valence-corrected chi connectivity index (χ1v) is 3.73. The summed E-state index contributed by atoms with van der Waals surface area (Å²) in [6.07, 6.45) is 0. The molecular weight excluding hydrogens is 194 g/mol. The predicted octanol–water partition coefficient (Wildman–Crippen LogP) is 1.99. The maximum atomic E-state index is 4.90. The maximum Gasteiger partial charge on any atom is 0.213 e. The summed E-state index contributed by atoms with van der Waals surface area (Å²) in [4.78, 5) is 4.09. The molecule has 0 saturated heterocycles. The van der Waals surface area contributed by atoms with Crippen LogP contribution in [0.1, 0.15) is 5.69 Å². The van der Waals surface area contributed by atoms with Gasteiger partial charge in [-0.1, -0.05) is 22.0 Å². The fourth-order valence-corrected chi connectivity index (χ4v) is 0.860. The van der Waals surface area contributed by atoms with Crippen molar-refractivity contribution >= 4 is 15.9 Å². The molecule has 0 bridgehead atoms. The summed E-state index contributed by atoms with van der Waals surface area (Å²) in [5.74, 6) is 0.633. The molecule has 0 aliphatic heterocycles. The number of methoxy groups -OCH3 is 1. The summed E-state index contributed by atoms with van der Waals surface area (Å²) in [5.41, 5.74) is 0.861. The van der Waals surface area contributed by atoms with E-state index >= 15 is 0 Å². The van der Waals surface area contributed by atoms with Crippen molar-refractivity contribution in [2.45, 2.75) is 0 Å². The summed E-state index contributed by atoms with van der Waals surface area (Å²) in [6.45, 7) is 0. The molecule has 0 aromatic carbocycles. The summed E-state index contributed by atoms with van der Waals surface area (Å²) in [6, 6.07) is 5.58. The van der Waals surface area contributed by atoms with Crippen LogP contribution >= 0.6 is 15.9 Å². The molecule has 0 aliphatic carbocycles. The van der Waals surface area contributed by atoms with Gasteiger partial charge in [0.1, 0.15) is 0 Å². The molecule has 0 aliphatic rings. The molecule has 0 atom stereocenters. The second-order valence-corrected chi connectivity index (χ2v) is 2.17. The zero-order chi connectivity index (χ0) is 7.40. The molecule has 53 valence electrons. The SMILES string of the molecule is COc1cccc([CH]Br)n1. The number of hydrogen-bond acceptors (Lipinski definition) is 2. The maximum absolute atomic E-state index is 4.90. The molecule has 1 rings (SSSR count). The number of nitrogens with zero attached hydrogens (tertiary/aromatic N) is 1. The van der Waals surface area contributed by atoms with Gasteiger partial charge in [-0.25, -0.2) is 4.98 Å². The monoisotopic (exact) mass is 200 g/mol. The average Bonchev–Trinajstić information content (AvgIpc) is 2.05. The fraction of sp³-hybridized carbons (Fsp3) is 0.143. The van der Waals surface area contributed by atoms with Gasteiger partial charge in [0.25, 0.3) is 0 Å². The minimum absolute atomic E-state index is 0.633. The topological polar surface area (TPSA) is 22.1 Å². The predicted molar refractivity (Wildman–Crippen MR) is 43.1 cm³/mol. The molecular formula is C7H7BrNO. The van der Waals surface area contributed by atoms with E-state index in [1.807, 2.05) is 12.1 Å². The van der Waals surface area contributed by atoms with E-state index < -0.39 is 0 Å². The molecule has 0 amide bonds. The highest BCUT2D eigenvalue weighted by Gasteiger charge is 1.93. The molecule has 0 unspecified atom stereocenters. The van der Waals surface area contributed by atoms with Crippen LogP contribution in [0.3, 0.4) is 0 Å². The Morgan fingerprint density at radius 1 is 1.60 bits per heavy atom. The second kappa shape index (κ2) is 3.56. The Morgan fingerprint density at radius 2 is 2.40 bits per heavy atom. The first kappa shape index (κ1) is 7.54. The summed E-state index contributed by atoms with van der Waals surface area (Å²) < 4.78 is 4.90. The third kappa shape index (κ3) is 1.70. The van der Waals surface area contributed by atoms with Crippen molar-refractivity contribution in [1.29, 1.82) is 0 Å². The van der Waals surface area contributed by atoms with Crippen LogP contribution in [-0.4, -0.2) is 12.1 Å². The fourth-order valence-electron chi connectivity index (χ4n) is 0.605. The Balaban J connectivity index is 2.87. The van der Waals surface area contributed by atoms with Crippen molar-refractivity contribution in [3.63, 3.8) is 0 Å². The molecule has 1 heterocycles. The van der Waals surface area contributed by atoms with Gasteiger partial charge in [0.15, 0.2) is 0 Å². The molecule has 1 aromatic rings. The van der Waals surface area contributed by atoms with Crippen LogP contribution in [0, 0.1) is 5.33 Å². The summed E-state index contributed by atoms with van der Waals surface area (Å²) in [5, 5.41) is 1.75. The van der Waals surface area contributed by atoms with Gasteiger partial charge in [0.2, 0.25) is 5.88 Å². The minimum Gasteiger partial charge on any atom is -0.481 e. The molecule has 0 N–H and O–H groups in total. The van der Waals surface area contributed by atoms with Crippen molar-refractivity contribution in [2.24, 2.45) is 0 Å². The molecule has 10 heavy (non-hydrogen) atoms. The molecule has 0 fully saturated rings. The van der Waals surface area contributed by atoms with E-state index in [4.69, 9.17) is 4.74 Å². The first-order chi connectivity index (χ1) is 4.86. The number of rotatable bonds is 2. The standard InChI is InChI=1S/C7H7BrNO/c1-10-7-4-2-3-6(5-8)9-7/h2-5H,1H3. The molecule has 1 aromatic heterocycles. The van der Waals surface area contributed by atoms with E-state index in [-0.39, 0.29) is 0 Å². The highest BCUT2D eigenvalue weighted by Crippen LogP contribution is 2.09. The van der Waals surface area contributed by atoms with Crippen LogP contribution in [0.5, 0.6) is 5.88 Å². The van der Waals surface area contributed by atoms with Crippen molar-refractivity contribution in [3.8, 4) is 5.88 Å². The van der Waals surface area contributed by atoms with Gasteiger partial charge in [-0.05, 0) is 6.07 Å². The van der Waals surface area contributed by atoms with E-state index in [1.165, 1.54) is 0 Å². The van der Waals surface area contributed by atoms with E-state index in [1.54, 1.807) is 18.5 Å². The number of ether oxygens (including phenoxy) is 1. The highest BCUT2D eigenvalue weighted by atomic mass is 79.9. The van der Waals surface area contributed by atoms with Crippen molar-refractivity contribution in [3.05, 3.63) is 29.2 Å². The van der Waals surface area contributed by atoms with Crippen LogP contribution in [0.2, 0.25) is 0 Å².